The Morgan fingerprint density at radius 3 is 2.17 bits per heavy atom. The van der Waals surface area contributed by atoms with E-state index in [0.29, 0.717) is 0 Å². The quantitative estimate of drug-likeness (QED) is 0.507. The first kappa shape index (κ1) is 9.76. The molecule has 5 heteroatoms. The Balaban J connectivity index is 3.26. The summed E-state index contributed by atoms with van der Waals surface area (Å²) in [4.78, 5) is 0. The van der Waals surface area contributed by atoms with Gasteiger partial charge in [-0.15, -0.1) is 0 Å². The third-order valence-corrected chi connectivity index (χ3v) is 2.09. The average Bonchev–Trinajstić information content (AvgIpc) is 1.92. The van der Waals surface area contributed by atoms with Gasteiger partial charge in [-0.05, 0) is 34.7 Å². The minimum atomic E-state index is -4.61. The molecule has 0 aliphatic carbocycles. The molecular formula is C7H3F4I. The molecule has 0 aromatic heterocycles. The fourth-order valence-electron chi connectivity index (χ4n) is 0.723. The first-order valence-corrected chi connectivity index (χ1v) is 4.02. The zero-order valence-electron chi connectivity index (χ0n) is 5.62. The molecule has 66 valence electrons. The molecule has 0 spiro atoms. The molecule has 1 aromatic carbocycles. The second-order valence-electron chi connectivity index (χ2n) is 2.10. The molecule has 0 atom stereocenters. The van der Waals surface area contributed by atoms with Gasteiger partial charge in [0.2, 0.25) is 0 Å². The first-order valence-electron chi connectivity index (χ1n) is 2.94. The van der Waals surface area contributed by atoms with Crippen molar-refractivity contribution in [3.8, 4) is 0 Å². The molecule has 0 bridgehead atoms. The van der Waals surface area contributed by atoms with Gasteiger partial charge in [0, 0.05) is 3.57 Å². The maximum absolute atomic E-state index is 12.8. The van der Waals surface area contributed by atoms with E-state index in [2.05, 4.69) is 0 Å². The van der Waals surface area contributed by atoms with Gasteiger partial charge in [0.05, 0.1) is 5.56 Å². The summed E-state index contributed by atoms with van der Waals surface area (Å²) >= 11 is 1.51. The van der Waals surface area contributed by atoms with Crippen LogP contribution in [0.3, 0.4) is 0 Å². The second-order valence-corrected chi connectivity index (χ2v) is 3.26. The monoisotopic (exact) mass is 290 g/mol. The maximum Gasteiger partial charge on any atom is 0.419 e. The summed E-state index contributed by atoms with van der Waals surface area (Å²) in [5.74, 6) is -1.20. The highest BCUT2D eigenvalue weighted by atomic mass is 127. The Kier molecular flexibility index (Phi) is 2.60. The van der Waals surface area contributed by atoms with Gasteiger partial charge in [-0.3, -0.25) is 0 Å². The smallest absolute Gasteiger partial charge is 0.205 e. The van der Waals surface area contributed by atoms with Crippen molar-refractivity contribution in [2.45, 2.75) is 6.18 Å². The van der Waals surface area contributed by atoms with Gasteiger partial charge < -0.3 is 0 Å². The zero-order valence-corrected chi connectivity index (χ0v) is 7.78. The van der Waals surface area contributed by atoms with Crippen molar-refractivity contribution < 1.29 is 17.6 Å². The molecular weight excluding hydrogens is 287 g/mol. The summed E-state index contributed by atoms with van der Waals surface area (Å²) in [5, 5.41) is 0. The van der Waals surface area contributed by atoms with Crippen LogP contribution < -0.4 is 0 Å². The second kappa shape index (κ2) is 3.20. The van der Waals surface area contributed by atoms with Crippen LogP contribution in [0.2, 0.25) is 0 Å². The highest BCUT2D eigenvalue weighted by Gasteiger charge is 2.34. The van der Waals surface area contributed by atoms with Crippen molar-refractivity contribution in [1.82, 2.24) is 0 Å². The average molecular weight is 290 g/mol. The predicted molar refractivity (Wildman–Crippen MR) is 44.1 cm³/mol. The van der Waals surface area contributed by atoms with Gasteiger partial charge >= 0.3 is 6.18 Å². The molecule has 1 aromatic rings. The molecule has 0 unspecified atom stereocenters. The number of hydrogen-bond donors (Lipinski definition) is 0. The van der Waals surface area contributed by atoms with E-state index in [1.165, 1.54) is 34.7 Å². The Morgan fingerprint density at radius 2 is 1.75 bits per heavy atom. The Bertz CT molecular complexity index is 292. The van der Waals surface area contributed by atoms with Crippen LogP contribution in [-0.2, 0) is 6.18 Å². The van der Waals surface area contributed by atoms with Crippen molar-refractivity contribution in [3.05, 3.63) is 33.1 Å². The van der Waals surface area contributed by atoms with Crippen LogP contribution in [0.25, 0.3) is 0 Å². The Hall–Kier alpha value is -0.330. The van der Waals surface area contributed by atoms with Gasteiger partial charge in [-0.1, -0.05) is 6.07 Å². The lowest BCUT2D eigenvalue weighted by Gasteiger charge is -2.07. The van der Waals surface area contributed by atoms with E-state index in [1.54, 1.807) is 0 Å². The fraction of sp³-hybridized carbons (Fsp3) is 0.143. The van der Waals surface area contributed by atoms with Gasteiger partial charge in [0.25, 0.3) is 0 Å². The fourth-order valence-corrected chi connectivity index (χ4v) is 1.22. The lowest BCUT2D eigenvalue weighted by atomic mass is 10.2. The third kappa shape index (κ3) is 1.88. The molecule has 0 N–H and O–H groups in total. The Labute approximate surface area is 79.7 Å². The molecule has 0 aliphatic rings. The summed E-state index contributed by atoms with van der Waals surface area (Å²) in [6.07, 6.45) is -4.61. The van der Waals surface area contributed by atoms with E-state index in [0.717, 1.165) is 6.07 Å². The highest BCUT2D eigenvalue weighted by Crippen LogP contribution is 2.32. The van der Waals surface area contributed by atoms with Crippen LogP contribution >= 0.6 is 22.6 Å². The number of hydrogen-bond acceptors (Lipinski definition) is 0. The van der Waals surface area contributed by atoms with E-state index in [9.17, 15) is 17.6 Å². The molecule has 0 radical (unpaired) electrons. The van der Waals surface area contributed by atoms with Gasteiger partial charge in [0.15, 0.2) is 0 Å². The van der Waals surface area contributed by atoms with E-state index >= 15 is 0 Å². The van der Waals surface area contributed by atoms with Gasteiger partial charge in [-0.25, -0.2) is 4.39 Å². The molecule has 0 aliphatic heterocycles. The molecule has 0 heterocycles. The maximum atomic E-state index is 12.8. The van der Waals surface area contributed by atoms with E-state index in [1.807, 2.05) is 0 Å². The number of benzene rings is 1. The zero-order chi connectivity index (χ0) is 9.35. The van der Waals surface area contributed by atoms with Crippen LogP contribution in [0, 0.1) is 9.39 Å². The molecule has 0 fully saturated rings. The summed E-state index contributed by atoms with van der Waals surface area (Å²) in [5.41, 5.74) is -1.21. The normalized spacial score (nSPS) is 11.8. The van der Waals surface area contributed by atoms with Gasteiger partial charge in [0.1, 0.15) is 5.82 Å². The van der Waals surface area contributed by atoms with Crippen LogP contribution in [0.4, 0.5) is 17.6 Å². The summed E-state index contributed by atoms with van der Waals surface area (Å²) in [7, 11) is 0. The number of rotatable bonds is 0. The molecule has 0 saturated carbocycles. The Morgan fingerprint density at radius 1 is 1.17 bits per heavy atom. The van der Waals surface area contributed by atoms with Crippen LogP contribution in [0.1, 0.15) is 5.56 Å². The predicted octanol–water partition coefficient (Wildman–Crippen LogP) is 3.45. The molecule has 0 amide bonds. The molecule has 1 rings (SSSR count). The van der Waals surface area contributed by atoms with Crippen molar-refractivity contribution >= 4 is 22.6 Å². The van der Waals surface area contributed by atoms with Crippen molar-refractivity contribution in [3.63, 3.8) is 0 Å². The lowest BCUT2D eigenvalue weighted by molar-refractivity contribution is -0.140. The molecule has 12 heavy (non-hydrogen) atoms. The lowest BCUT2D eigenvalue weighted by Crippen LogP contribution is -2.08. The first-order chi connectivity index (χ1) is 5.43. The highest BCUT2D eigenvalue weighted by molar-refractivity contribution is 14.1. The topological polar surface area (TPSA) is 0 Å². The SMILES string of the molecule is Fc1c(I)cccc1C(F)(F)F. The molecule has 0 nitrogen and oxygen atoms in total. The van der Waals surface area contributed by atoms with E-state index in [-0.39, 0.29) is 3.57 Å². The number of alkyl halides is 3. The van der Waals surface area contributed by atoms with E-state index in [4.69, 9.17) is 0 Å². The van der Waals surface area contributed by atoms with Crippen molar-refractivity contribution in [1.29, 1.82) is 0 Å². The van der Waals surface area contributed by atoms with E-state index < -0.39 is 17.6 Å². The standard InChI is InChI=1S/C7H3F4I/c8-6-4(7(9,10)11)2-1-3-5(6)12/h1-3H. The third-order valence-electron chi connectivity index (χ3n) is 1.26. The van der Waals surface area contributed by atoms with Crippen LogP contribution in [0.5, 0.6) is 0 Å². The van der Waals surface area contributed by atoms with Crippen molar-refractivity contribution in [2.75, 3.05) is 0 Å². The van der Waals surface area contributed by atoms with Crippen LogP contribution in [0.15, 0.2) is 18.2 Å². The number of halogens is 5. The summed E-state index contributed by atoms with van der Waals surface area (Å²) in [6, 6.07) is 3.18. The summed E-state index contributed by atoms with van der Waals surface area (Å²) < 4.78 is 48.7. The molecule has 0 saturated heterocycles. The minimum absolute atomic E-state index is 0.0255. The van der Waals surface area contributed by atoms with Crippen LogP contribution in [-0.4, -0.2) is 0 Å². The summed E-state index contributed by atoms with van der Waals surface area (Å²) in [6.45, 7) is 0. The minimum Gasteiger partial charge on any atom is -0.205 e. The van der Waals surface area contributed by atoms with Gasteiger partial charge in [-0.2, -0.15) is 13.2 Å². The largest absolute Gasteiger partial charge is 0.419 e. The van der Waals surface area contributed by atoms with Crippen molar-refractivity contribution in [2.24, 2.45) is 0 Å².